The molecule has 508 valence electrons. The molecule has 3 saturated heterocycles. The molecule has 95 heavy (non-hydrogen) atoms. The first-order valence-electron chi connectivity index (χ1n) is 34.2. The van der Waals surface area contributed by atoms with Gasteiger partial charge in [-0.15, -0.1) is 0 Å². The predicted molar refractivity (Wildman–Crippen MR) is 352 cm³/mol. The van der Waals surface area contributed by atoms with Gasteiger partial charge >= 0.3 is 0 Å². The van der Waals surface area contributed by atoms with Crippen LogP contribution in [0.1, 0.15) is 140 Å². The Bertz CT molecular complexity index is 3760. The molecule has 15 rings (SSSR count). The summed E-state index contributed by atoms with van der Waals surface area (Å²) in [5, 5.41) is 23.3. The van der Waals surface area contributed by atoms with Crippen LogP contribution in [-0.4, -0.2) is 157 Å². The Labute approximate surface area is 551 Å². The van der Waals surface area contributed by atoms with E-state index in [2.05, 4.69) is 52.4 Å². The van der Waals surface area contributed by atoms with Gasteiger partial charge in [0.15, 0.2) is 0 Å². The quantitative estimate of drug-likeness (QED) is 0.0431. The fraction of sp³-hybridized carbons (Fsp3) is 0.600. The van der Waals surface area contributed by atoms with Crippen LogP contribution in [0, 0.1) is 47.3 Å². The summed E-state index contributed by atoms with van der Waals surface area (Å²) >= 11 is 0. The van der Waals surface area contributed by atoms with Crippen LogP contribution < -0.4 is 53.7 Å². The first-order valence-corrected chi connectivity index (χ1v) is 34.2. The summed E-state index contributed by atoms with van der Waals surface area (Å²) in [5.41, 5.74) is -2.68. The molecule has 1 unspecified atom stereocenters. The monoisotopic (exact) mass is 1310 g/mol. The molecule has 8 aliphatic carbocycles. The molecular formula is C70H91N13O12. The molecule has 4 aromatic rings. The standard InChI is InChI=1S/C70H91N13O12/c1-69(2,3)78-65(92)55(84)14-13-51(73-64(91)54-35-80-17-19-81(54)20-18-80)63(90)75-53-31-42(34-83(68(53)95)37-58(87)77-60-45-27-40-22-41(29-45)30-46(60)28-40)32-70(4,5)79-66(93)56(85)15-12-50(72-61(88)48-33-71-49-10-7-6-9-47(48)49)62(89)74-52-11-8-16-82(67(52)94)36-57(86)76-59-43-23-38-21-39(25-43)26-44(59)24-38/h6-11,16,31,33-34,38-41,43-46,50-51,54,59-60,71H,12-15,17-30,32,35-37H2,1-5H3,(H,72,88)(H,73,91)(H,74,89)(H,75,90)(H,76,86)(H,77,87)(H,78,92)(H,79,93)/t38?,39?,40?,41?,43?,44?,45?,46?,50-,51-,54?,59?,60?/m0/s1. The van der Waals surface area contributed by atoms with Crippen molar-refractivity contribution in [1.29, 1.82) is 0 Å². The van der Waals surface area contributed by atoms with Crippen LogP contribution in [0.2, 0.25) is 0 Å². The Morgan fingerprint density at radius 1 is 0.589 bits per heavy atom. The zero-order chi connectivity index (χ0) is 67.2. The van der Waals surface area contributed by atoms with Gasteiger partial charge in [-0.25, -0.2) is 0 Å². The van der Waals surface area contributed by atoms with Crippen molar-refractivity contribution in [2.24, 2.45) is 47.3 Å². The number of nitrogens with one attached hydrogen (secondary N) is 9. The van der Waals surface area contributed by atoms with Gasteiger partial charge in [0.25, 0.3) is 28.8 Å². The zero-order valence-corrected chi connectivity index (χ0v) is 55.0. The second-order valence-electron chi connectivity index (χ2n) is 30.4. The highest BCUT2D eigenvalue weighted by Gasteiger charge is 2.50. The molecule has 9 N–H and O–H groups in total. The van der Waals surface area contributed by atoms with Crippen LogP contribution in [0.25, 0.3) is 10.9 Å². The minimum Gasteiger partial charge on any atom is -0.360 e. The lowest BCUT2D eigenvalue weighted by Gasteiger charge is -2.54. The number of rotatable bonds is 25. The number of benzene rings is 1. The molecule has 3 atom stereocenters. The normalized spacial score (nSPS) is 27.4. The number of fused-ring (bicyclic) bond motifs is 4. The lowest BCUT2D eigenvalue weighted by Crippen LogP contribution is -2.66. The molecule has 6 heterocycles. The number of ketones is 2. The van der Waals surface area contributed by atoms with Crippen molar-refractivity contribution in [3.63, 3.8) is 0 Å². The lowest BCUT2D eigenvalue weighted by atomic mass is 9.54. The summed E-state index contributed by atoms with van der Waals surface area (Å²) in [6, 6.07) is 7.88. The molecule has 3 aliphatic heterocycles. The van der Waals surface area contributed by atoms with Gasteiger partial charge in [-0.1, -0.05) is 18.2 Å². The van der Waals surface area contributed by atoms with Crippen molar-refractivity contribution < 1.29 is 47.9 Å². The number of aromatic nitrogens is 3. The van der Waals surface area contributed by atoms with Crippen LogP contribution in [0.4, 0.5) is 11.4 Å². The van der Waals surface area contributed by atoms with Crippen molar-refractivity contribution in [3.8, 4) is 0 Å². The summed E-state index contributed by atoms with van der Waals surface area (Å²) < 4.78 is 2.39. The largest absolute Gasteiger partial charge is 0.360 e. The third kappa shape index (κ3) is 15.5. The van der Waals surface area contributed by atoms with E-state index in [1.54, 1.807) is 58.9 Å². The van der Waals surface area contributed by atoms with E-state index in [1.807, 2.05) is 4.90 Å². The Kier molecular flexibility index (Phi) is 19.3. The summed E-state index contributed by atoms with van der Waals surface area (Å²) in [6.45, 7) is 11.0. The van der Waals surface area contributed by atoms with Gasteiger partial charge in [0.1, 0.15) is 42.6 Å². The number of carbonyl (C=O) groups excluding carboxylic acids is 10. The lowest BCUT2D eigenvalue weighted by molar-refractivity contribution is -0.139. The molecule has 25 heteroatoms. The second-order valence-corrected chi connectivity index (χ2v) is 30.4. The number of nitrogens with zero attached hydrogens (tertiary/aromatic N) is 4. The summed E-state index contributed by atoms with van der Waals surface area (Å²) in [4.78, 5) is 175. The van der Waals surface area contributed by atoms with Gasteiger partial charge in [0, 0.05) is 98.2 Å². The minimum atomic E-state index is -1.47. The Morgan fingerprint density at radius 2 is 1.11 bits per heavy atom. The average molecular weight is 1310 g/mol. The van der Waals surface area contributed by atoms with E-state index < -0.39 is 119 Å². The average Bonchev–Trinajstić information content (AvgIpc) is 1.40. The number of piperazine rings is 3. The van der Waals surface area contributed by atoms with Crippen LogP contribution in [0.3, 0.4) is 0 Å². The topological polar surface area (TPSA) is 333 Å². The molecule has 0 spiro atoms. The van der Waals surface area contributed by atoms with Gasteiger partial charge in [0.2, 0.25) is 41.1 Å². The number of hydrogen-bond acceptors (Lipinski definition) is 14. The molecule has 1 aromatic carbocycles. The highest BCUT2D eigenvalue weighted by atomic mass is 16.2. The third-order valence-electron chi connectivity index (χ3n) is 21.5. The van der Waals surface area contributed by atoms with Crippen LogP contribution in [0.15, 0.2) is 70.6 Å². The smallest absolute Gasteiger partial charge is 0.287 e. The maximum Gasteiger partial charge on any atom is 0.287 e. The molecule has 8 amide bonds. The number of amides is 8. The molecular weight excluding hydrogens is 1210 g/mol. The van der Waals surface area contributed by atoms with E-state index in [-0.39, 0.29) is 54.3 Å². The van der Waals surface area contributed by atoms with E-state index in [9.17, 15) is 57.5 Å². The molecule has 11 aliphatic rings. The van der Waals surface area contributed by atoms with Gasteiger partial charge < -0.3 is 56.7 Å². The number of H-pyrrole nitrogens is 1. The first kappa shape index (κ1) is 66.7. The van der Waals surface area contributed by atoms with Gasteiger partial charge in [0.05, 0.1) is 5.56 Å². The highest BCUT2D eigenvalue weighted by Crippen LogP contribution is 2.55. The van der Waals surface area contributed by atoms with Gasteiger partial charge in [-0.2, -0.15) is 0 Å². The number of pyridine rings is 2. The van der Waals surface area contributed by atoms with E-state index in [1.165, 1.54) is 58.8 Å². The number of aromatic amines is 1. The molecule has 3 aromatic heterocycles. The van der Waals surface area contributed by atoms with Crippen molar-refractivity contribution in [3.05, 3.63) is 92.9 Å². The Hall–Kier alpha value is -8.32. The van der Waals surface area contributed by atoms with E-state index >= 15 is 0 Å². The van der Waals surface area contributed by atoms with Crippen LogP contribution in [0.5, 0.6) is 0 Å². The van der Waals surface area contributed by atoms with Crippen LogP contribution >= 0.6 is 0 Å². The Morgan fingerprint density at radius 3 is 1.65 bits per heavy atom. The first-order chi connectivity index (χ1) is 45.2. The number of anilines is 2. The predicted octanol–water partition coefficient (Wildman–Crippen LogP) is 3.28. The SMILES string of the molecule is CC(C)(C)NC(=O)C(=O)CC[C@H](NC(=O)C1CN2CCN1CC2)C(=O)Nc1cc(CC(C)(C)NC(=O)C(=O)CC[C@H](NC(=O)c2c[nH]c3ccccc23)C(=O)Nc2cccn(CC(=O)NC3C4CC5CC(C4)CC3C5)c2=O)cn(CC(=O)NC2C3CC4CC(C3)CC2C4)c1=O. The number of carbonyl (C=O) groups is 10. The van der Waals surface area contributed by atoms with Crippen LogP contribution in [-0.2, 0) is 62.7 Å². The fourth-order valence-corrected chi connectivity index (χ4v) is 17.6. The summed E-state index contributed by atoms with van der Waals surface area (Å²) in [5.74, 6) is -3.00. The summed E-state index contributed by atoms with van der Waals surface area (Å²) in [7, 11) is 0. The van der Waals surface area contributed by atoms with Gasteiger partial charge in [-0.3, -0.25) is 67.3 Å². The van der Waals surface area contributed by atoms with Crippen molar-refractivity contribution in [1.82, 2.24) is 55.8 Å². The second kappa shape index (κ2) is 27.4. The third-order valence-corrected chi connectivity index (χ3v) is 21.5. The van der Waals surface area contributed by atoms with E-state index in [0.29, 0.717) is 83.4 Å². The Balaban J connectivity index is 0.744. The molecule has 25 nitrogen and oxygen atoms in total. The van der Waals surface area contributed by atoms with Crippen molar-refractivity contribution in [2.45, 2.75) is 185 Å². The minimum absolute atomic E-state index is 0.0475. The fourth-order valence-electron chi connectivity index (χ4n) is 17.6. The molecule has 0 radical (unpaired) electrons. The van der Waals surface area contributed by atoms with E-state index in [0.717, 1.165) is 64.5 Å². The number of hydrogen-bond donors (Lipinski definition) is 9. The number of para-hydroxylation sites is 1. The van der Waals surface area contributed by atoms with Gasteiger partial charge in [-0.05, 0) is 195 Å². The highest BCUT2D eigenvalue weighted by molar-refractivity contribution is 6.36. The van der Waals surface area contributed by atoms with E-state index in [4.69, 9.17) is 0 Å². The molecule has 11 fully saturated rings. The van der Waals surface area contributed by atoms with Crippen molar-refractivity contribution >= 4 is 81.1 Å². The molecule has 10 bridgehead atoms. The maximum absolute atomic E-state index is 14.6. The van der Waals surface area contributed by atoms with Crippen molar-refractivity contribution in [2.75, 3.05) is 43.4 Å². The number of Topliss-reactive ketones (excluding diaryl/α,β-unsaturated/α-hetero) is 2. The zero-order valence-electron chi connectivity index (χ0n) is 55.0. The molecule has 8 saturated carbocycles. The maximum atomic E-state index is 14.6. The summed E-state index contributed by atoms with van der Waals surface area (Å²) in [6.07, 6.45) is 13.7.